The standard InChI is InChI=1S/C16H20O3/c1-10(2)13-7-12(18-3)8-14-15(19-4)6-5-11(9-17)16(13)14/h5-8,10,17H,9H2,1-4H3. The van der Waals surface area contributed by atoms with Crippen molar-refractivity contribution in [3.05, 3.63) is 35.4 Å². The van der Waals surface area contributed by atoms with Gasteiger partial charge in [-0.2, -0.15) is 0 Å². The molecule has 2 rings (SSSR count). The minimum absolute atomic E-state index is 0.0204. The maximum atomic E-state index is 9.56. The Morgan fingerprint density at radius 1 is 1.11 bits per heavy atom. The van der Waals surface area contributed by atoms with Gasteiger partial charge in [-0.3, -0.25) is 0 Å². The molecule has 102 valence electrons. The molecule has 0 saturated heterocycles. The summed E-state index contributed by atoms with van der Waals surface area (Å²) >= 11 is 0. The fourth-order valence-corrected chi connectivity index (χ4v) is 2.42. The number of hydrogen-bond acceptors (Lipinski definition) is 3. The average Bonchev–Trinajstić information content (AvgIpc) is 2.44. The molecule has 0 saturated carbocycles. The van der Waals surface area contributed by atoms with Gasteiger partial charge >= 0.3 is 0 Å². The van der Waals surface area contributed by atoms with Gasteiger partial charge in [0.2, 0.25) is 0 Å². The van der Waals surface area contributed by atoms with Gasteiger partial charge in [-0.05, 0) is 40.6 Å². The van der Waals surface area contributed by atoms with Gasteiger partial charge in [-0.15, -0.1) is 0 Å². The number of benzene rings is 2. The molecule has 19 heavy (non-hydrogen) atoms. The lowest BCUT2D eigenvalue weighted by Crippen LogP contribution is -1.98. The molecule has 0 aliphatic rings. The van der Waals surface area contributed by atoms with E-state index in [1.807, 2.05) is 24.3 Å². The number of aliphatic hydroxyl groups excluding tert-OH is 1. The number of hydrogen-bond donors (Lipinski definition) is 1. The number of rotatable bonds is 4. The Kier molecular flexibility index (Phi) is 3.96. The minimum atomic E-state index is 0.0204. The zero-order valence-electron chi connectivity index (χ0n) is 11.9. The second-order valence-corrected chi connectivity index (χ2v) is 4.88. The van der Waals surface area contributed by atoms with Crippen LogP contribution in [-0.4, -0.2) is 19.3 Å². The molecular formula is C16H20O3. The smallest absolute Gasteiger partial charge is 0.126 e. The van der Waals surface area contributed by atoms with Crippen molar-refractivity contribution in [1.82, 2.24) is 0 Å². The predicted molar refractivity (Wildman–Crippen MR) is 77.1 cm³/mol. The van der Waals surface area contributed by atoms with E-state index in [1.54, 1.807) is 14.2 Å². The largest absolute Gasteiger partial charge is 0.497 e. The van der Waals surface area contributed by atoms with Crippen LogP contribution in [0.25, 0.3) is 10.8 Å². The molecule has 0 radical (unpaired) electrons. The van der Waals surface area contributed by atoms with Crippen molar-refractivity contribution in [3.8, 4) is 11.5 Å². The molecule has 2 aromatic rings. The second kappa shape index (κ2) is 5.49. The van der Waals surface area contributed by atoms with E-state index in [9.17, 15) is 5.11 Å². The Balaban J connectivity index is 2.89. The molecule has 0 amide bonds. The van der Waals surface area contributed by atoms with Crippen LogP contribution in [0.2, 0.25) is 0 Å². The van der Waals surface area contributed by atoms with Crippen LogP contribution in [0, 0.1) is 0 Å². The van der Waals surface area contributed by atoms with Gasteiger partial charge in [0.25, 0.3) is 0 Å². The fourth-order valence-electron chi connectivity index (χ4n) is 2.42. The first kappa shape index (κ1) is 13.7. The molecule has 0 aliphatic carbocycles. The van der Waals surface area contributed by atoms with Crippen molar-refractivity contribution in [3.63, 3.8) is 0 Å². The van der Waals surface area contributed by atoms with Crippen molar-refractivity contribution < 1.29 is 14.6 Å². The molecule has 0 atom stereocenters. The van der Waals surface area contributed by atoms with Crippen molar-refractivity contribution in [2.24, 2.45) is 0 Å². The third-order valence-electron chi connectivity index (χ3n) is 3.41. The molecule has 3 heteroatoms. The Bertz CT molecular complexity index is 588. The monoisotopic (exact) mass is 260 g/mol. The van der Waals surface area contributed by atoms with E-state index in [0.29, 0.717) is 5.92 Å². The highest BCUT2D eigenvalue weighted by Crippen LogP contribution is 2.37. The first-order valence-corrected chi connectivity index (χ1v) is 6.40. The highest BCUT2D eigenvalue weighted by molar-refractivity contribution is 5.95. The van der Waals surface area contributed by atoms with Gasteiger partial charge in [0, 0.05) is 5.39 Å². The Hall–Kier alpha value is -1.74. The number of aliphatic hydroxyl groups is 1. The molecule has 2 aromatic carbocycles. The van der Waals surface area contributed by atoms with E-state index in [4.69, 9.17) is 9.47 Å². The van der Waals surface area contributed by atoms with Crippen LogP contribution >= 0.6 is 0 Å². The van der Waals surface area contributed by atoms with Crippen molar-refractivity contribution >= 4 is 10.8 Å². The quantitative estimate of drug-likeness (QED) is 0.914. The second-order valence-electron chi connectivity index (χ2n) is 4.88. The molecule has 1 N–H and O–H groups in total. The topological polar surface area (TPSA) is 38.7 Å². The van der Waals surface area contributed by atoms with Crippen LogP contribution in [-0.2, 0) is 6.61 Å². The maximum Gasteiger partial charge on any atom is 0.126 e. The summed E-state index contributed by atoms with van der Waals surface area (Å²) in [5.41, 5.74) is 2.08. The molecule has 0 aliphatic heterocycles. The lowest BCUT2D eigenvalue weighted by atomic mass is 9.92. The van der Waals surface area contributed by atoms with Gasteiger partial charge in [-0.1, -0.05) is 19.9 Å². The Morgan fingerprint density at radius 2 is 1.84 bits per heavy atom. The van der Waals surface area contributed by atoms with E-state index in [-0.39, 0.29) is 6.61 Å². The van der Waals surface area contributed by atoms with Crippen LogP contribution in [0.3, 0.4) is 0 Å². The summed E-state index contributed by atoms with van der Waals surface area (Å²) in [4.78, 5) is 0. The number of ether oxygens (including phenoxy) is 2. The molecule has 3 nitrogen and oxygen atoms in total. The zero-order chi connectivity index (χ0) is 14.0. The molecule has 0 unspecified atom stereocenters. The Morgan fingerprint density at radius 3 is 2.37 bits per heavy atom. The summed E-state index contributed by atoms with van der Waals surface area (Å²) in [6, 6.07) is 7.79. The third kappa shape index (κ3) is 2.38. The predicted octanol–water partition coefficient (Wildman–Crippen LogP) is 3.47. The van der Waals surface area contributed by atoms with Crippen LogP contribution in [0.15, 0.2) is 24.3 Å². The summed E-state index contributed by atoms with van der Waals surface area (Å²) in [7, 11) is 3.32. The minimum Gasteiger partial charge on any atom is -0.497 e. The summed E-state index contributed by atoms with van der Waals surface area (Å²) in [5.74, 6) is 1.95. The molecule has 0 heterocycles. The first-order chi connectivity index (χ1) is 9.12. The van der Waals surface area contributed by atoms with E-state index in [1.165, 1.54) is 0 Å². The summed E-state index contributed by atoms with van der Waals surface area (Å²) < 4.78 is 10.8. The van der Waals surface area contributed by atoms with E-state index in [0.717, 1.165) is 33.4 Å². The van der Waals surface area contributed by atoms with Crippen molar-refractivity contribution in [1.29, 1.82) is 0 Å². The fraction of sp³-hybridized carbons (Fsp3) is 0.375. The Labute approximate surface area is 113 Å². The van der Waals surface area contributed by atoms with Crippen LogP contribution < -0.4 is 9.47 Å². The number of methoxy groups -OCH3 is 2. The molecular weight excluding hydrogens is 240 g/mol. The van der Waals surface area contributed by atoms with E-state index >= 15 is 0 Å². The summed E-state index contributed by atoms with van der Waals surface area (Å²) in [6.07, 6.45) is 0. The maximum absolute atomic E-state index is 9.56. The summed E-state index contributed by atoms with van der Waals surface area (Å²) in [5, 5.41) is 11.6. The van der Waals surface area contributed by atoms with Crippen LogP contribution in [0.1, 0.15) is 30.9 Å². The average molecular weight is 260 g/mol. The highest BCUT2D eigenvalue weighted by atomic mass is 16.5. The molecule has 0 fully saturated rings. The van der Waals surface area contributed by atoms with Crippen molar-refractivity contribution in [2.45, 2.75) is 26.4 Å². The van der Waals surface area contributed by atoms with Gasteiger partial charge in [-0.25, -0.2) is 0 Å². The van der Waals surface area contributed by atoms with E-state index < -0.39 is 0 Å². The first-order valence-electron chi connectivity index (χ1n) is 6.40. The van der Waals surface area contributed by atoms with Gasteiger partial charge in [0.1, 0.15) is 11.5 Å². The van der Waals surface area contributed by atoms with Crippen LogP contribution in [0.5, 0.6) is 11.5 Å². The van der Waals surface area contributed by atoms with Crippen LogP contribution in [0.4, 0.5) is 0 Å². The third-order valence-corrected chi connectivity index (χ3v) is 3.41. The normalized spacial score (nSPS) is 11.1. The van der Waals surface area contributed by atoms with Gasteiger partial charge in [0.15, 0.2) is 0 Å². The zero-order valence-corrected chi connectivity index (χ0v) is 11.9. The van der Waals surface area contributed by atoms with Gasteiger partial charge < -0.3 is 14.6 Å². The summed E-state index contributed by atoms with van der Waals surface area (Å²) in [6.45, 7) is 4.29. The number of fused-ring (bicyclic) bond motifs is 1. The highest BCUT2D eigenvalue weighted by Gasteiger charge is 2.14. The van der Waals surface area contributed by atoms with Gasteiger partial charge in [0.05, 0.1) is 20.8 Å². The lowest BCUT2D eigenvalue weighted by molar-refractivity contribution is 0.283. The van der Waals surface area contributed by atoms with Crippen molar-refractivity contribution in [2.75, 3.05) is 14.2 Å². The molecule has 0 bridgehead atoms. The SMILES string of the molecule is COc1cc(C(C)C)c2c(CO)ccc(OC)c2c1. The molecule has 0 aromatic heterocycles. The molecule has 0 spiro atoms. The van der Waals surface area contributed by atoms with E-state index in [2.05, 4.69) is 13.8 Å². The lowest BCUT2D eigenvalue weighted by Gasteiger charge is -2.17.